The topological polar surface area (TPSA) is 284 Å². The van der Waals surface area contributed by atoms with Crippen molar-refractivity contribution in [3.05, 3.63) is 82.6 Å². The minimum Gasteiger partial charge on any atom is -0.748 e. The average molecular weight is 1100 g/mol. The first-order chi connectivity index (χ1) is 33.4. The van der Waals surface area contributed by atoms with E-state index in [0.717, 1.165) is 16.5 Å². The average Bonchev–Trinajstić information content (AvgIpc) is 3.50. The number of allylic oxidation sites excluding steroid dienone is 3. The van der Waals surface area contributed by atoms with Crippen molar-refractivity contribution < 1.29 is 141 Å². The third-order valence-electron chi connectivity index (χ3n) is 11.5. The quantitative estimate of drug-likeness (QED) is 0.0296. The summed E-state index contributed by atoms with van der Waals surface area (Å²) in [6.45, 7) is 14.6. The van der Waals surface area contributed by atoms with Gasteiger partial charge in [-0.05, 0) is 85.7 Å². The number of nitrogens with zero attached hydrogens (tertiary/aromatic N) is 2. The first-order valence-corrected chi connectivity index (χ1v) is 28.0. The van der Waals surface area contributed by atoms with Gasteiger partial charge in [-0.3, -0.25) is 4.79 Å². The Morgan fingerprint density at radius 3 is 1.79 bits per heavy atom. The summed E-state index contributed by atoms with van der Waals surface area (Å²) in [5.74, 6) is -1.00. The van der Waals surface area contributed by atoms with Crippen LogP contribution < -0.4 is 73.9 Å². The summed E-state index contributed by atoms with van der Waals surface area (Å²) in [6.07, 6.45) is 5.48. The van der Waals surface area contributed by atoms with Crippen LogP contribution in [0.3, 0.4) is 0 Å². The van der Waals surface area contributed by atoms with Gasteiger partial charge in [0.25, 0.3) is 0 Å². The van der Waals surface area contributed by atoms with Crippen molar-refractivity contribution in [1.29, 1.82) is 0 Å². The van der Waals surface area contributed by atoms with Gasteiger partial charge in [0, 0.05) is 52.9 Å². The summed E-state index contributed by atoms with van der Waals surface area (Å²) < 4.78 is 147. The molecule has 0 bridgehead atoms. The SMILES string of the molecule is CC[N+](CCCS(=O)(=O)[O-])=c1ccc2c(C(C)(C)C)cc(/C=C/C=C3/N(CCOCCOCCOCCOCCOCCOCCC(=O)O)c4ccc(S(=O)(=O)[O-])cc4C3(C)CCCS(=O)(=O)[O-])oc-2c1.[Na+].[Na+]. The van der Waals surface area contributed by atoms with E-state index in [0.29, 0.717) is 94.4 Å². The number of anilines is 1. The zero-order valence-corrected chi connectivity index (χ0v) is 49.6. The number of hydrogen-bond acceptors (Lipinski definition) is 18. The van der Waals surface area contributed by atoms with Gasteiger partial charge in [-0.1, -0.05) is 26.8 Å². The number of carboxylic acid groups (broad SMARTS) is 1. The van der Waals surface area contributed by atoms with Gasteiger partial charge < -0.3 is 56.5 Å². The zero-order chi connectivity index (χ0) is 52.3. The molecule has 2 heterocycles. The van der Waals surface area contributed by atoms with Crippen molar-refractivity contribution in [3.8, 4) is 11.3 Å². The number of hydrogen-bond donors (Lipinski definition) is 1. The molecule has 1 N–H and O–H groups in total. The fraction of sp³-hybridized carbons (Fsp3) is 0.583. The van der Waals surface area contributed by atoms with E-state index >= 15 is 0 Å². The molecule has 0 spiro atoms. The van der Waals surface area contributed by atoms with Crippen molar-refractivity contribution in [1.82, 2.24) is 4.58 Å². The van der Waals surface area contributed by atoms with Gasteiger partial charge in [-0.25, -0.2) is 29.8 Å². The molecule has 73 heavy (non-hydrogen) atoms. The standard InChI is InChI=1S/C48H70N2O18S3.2Na/c1-6-49(18-9-33-70(56,57)58)37-12-14-40-41(47(2,3)4)35-38(68-44(40)34-37)10-7-11-45-48(5,17-8-32-69(53,54)55)42-36-39(71(59,60)61)13-15-43(42)50(45)19-21-63-23-25-65-27-29-67-31-30-66-28-26-64-24-22-62-20-16-46(51)52;;/h7,10-15,34-36H,6,8-9,16-33H2,1-5H3,(H3-,51,52,53,54,55,56,57,58,59,60,61);;/q;2*+1/p-2. The molecule has 3 aliphatic rings. The number of benzene rings is 2. The summed E-state index contributed by atoms with van der Waals surface area (Å²) in [5, 5.41) is 9.37. The van der Waals surface area contributed by atoms with Gasteiger partial charge >= 0.3 is 65.1 Å². The van der Waals surface area contributed by atoms with E-state index < -0.39 is 58.1 Å². The third kappa shape index (κ3) is 23.2. The smallest absolute Gasteiger partial charge is 0.748 e. The third-order valence-corrected chi connectivity index (χ3v) is 13.9. The Bertz CT molecular complexity index is 2650. The fourth-order valence-electron chi connectivity index (χ4n) is 8.04. The van der Waals surface area contributed by atoms with Crippen LogP contribution in [0.1, 0.15) is 77.2 Å². The molecule has 0 fully saturated rings. The van der Waals surface area contributed by atoms with Gasteiger partial charge in [0.1, 0.15) is 34.7 Å². The molecule has 0 saturated heterocycles. The Morgan fingerprint density at radius 2 is 1.29 bits per heavy atom. The molecule has 1 unspecified atom stereocenters. The minimum atomic E-state index is -4.88. The predicted octanol–water partition coefficient (Wildman–Crippen LogP) is -2.10. The van der Waals surface area contributed by atoms with Crippen molar-refractivity contribution >= 4 is 48.1 Å². The molecule has 0 aromatic heterocycles. The van der Waals surface area contributed by atoms with Crippen molar-refractivity contribution in [2.45, 2.75) is 76.0 Å². The van der Waals surface area contributed by atoms with E-state index in [1.807, 2.05) is 40.7 Å². The molecule has 2 aliphatic heterocycles. The molecule has 0 radical (unpaired) electrons. The molecular weight excluding hydrogens is 1030 g/mol. The molecule has 20 nitrogen and oxygen atoms in total. The Kier molecular flexibility index (Phi) is 29.3. The molecule has 398 valence electrons. The van der Waals surface area contributed by atoms with E-state index in [4.69, 9.17) is 37.9 Å². The predicted molar refractivity (Wildman–Crippen MR) is 261 cm³/mol. The van der Waals surface area contributed by atoms with Crippen LogP contribution >= 0.6 is 0 Å². The summed E-state index contributed by atoms with van der Waals surface area (Å²) in [4.78, 5) is 11.9. The van der Waals surface area contributed by atoms with Gasteiger partial charge in [-0.2, -0.15) is 0 Å². The molecule has 0 saturated carbocycles. The van der Waals surface area contributed by atoms with Crippen LogP contribution in [0.2, 0.25) is 0 Å². The second-order valence-corrected chi connectivity index (χ2v) is 22.3. The summed E-state index contributed by atoms with van der Waals surface area (Å²) >= 11 is 0. The normalized spacial score (nSPS) is 16.2. The van der Waals surface area contributed by atoms with Crippen LogP contribution in [0.4, 0.5) is 5.69 Å². The van der Waals surface area contributed by atoms with Gasteiger partial charge in [0.15, 0.2) is 0 Å². The molecular formula is C48H68N2Na2O18S3. The molecule has 0 amide bonds. The maximum atomic E-state index is 12.3. The van der Waals surface area contributed by atoms with Crippen molar-refractivity contribution in [2.24, 2.45) is 0 Å². The van der Waals surface area contributed by atoms with Crippen LogP contribution in [0.5, 0.6) is 0 Å². The Balaban J connectivity index is 0.00000913. The number of ether oxygens (including phenoxy) is 6. The summed E-state index contributed by atoms with van der Waals surface area (Å²) in [6, 6.07) is 11.8. The van der Waals surface area contributed by atoms with Gasteiger partial charge in [0.05, 0.1) is 117 Å². The second-order valence-electron chi connectivity index (χ2n) is 17.9. The largest absolute Gasteiger partial charge is 1.00 e. The van der Waals surface area contributed by atoms with Crippen molar-refractivity contribution in [2.75, 3.05) is 115 Å². The number of carbonyl (C=O) groups is 1. The van der Waals surface area contributed by atoms with Crippen LogP contribution in [0, 0.1) is 0 Å². The molecule has 1 aromatic carbocycles. The number of fused-ring (bicyclic) bond motifs is 2. The molecule has 4 rings (SSSR count). The Hall–Kier alpha value is -2.11. The first-order valence-electron chi connectivity index (χ1n) is 23.4. The van der Waals surface area contributed by atoms with Crippen LogP contribution in [0.15, 0.2) is 69.6 Å². The Labute approximate surface area is 474 Å². The van der Waals surface area contributed by atoms with E-state index in [9.17, 15) is 43.7 Å². The van der Waals surface area contributed by atoms with Crippen LogP contribution in [0.25, 0.3) is 17.4 Å². The zero-order valence-electron chi connectivity index (χ0n) is 43.1. The number of aliphatic carboxylic acids is 1. The van der Waals surface area contributed by atoms with E-state index in [1.165, 1.54) is 18.2 Å². The van der Waals surface area contributed by atoms with E-state index in [2.05, 4.69) is 20.8 Å². The maximum absolute atomic E-state index is 12.3. The van der Waals surface area contributed by atoms with Crippen LogP contribution in [-0.4, -0.2) is 160 Å². The van der Waals surface area contributed by atoms with Crippen LogP contribution in [-0.2, 0) is 74.4 Å². The summed E-state index contributed by atoms with van der Waals surface area (Å²) in [7, 11) is -13.8. The number of rotatable bonds is 33. The molecule has 1 atom stereocenters. The first kappa shape index (κ1) is 67.0. The molecule has 1 aromatic rings. The second kappa shape index (κ2) is 31.9. The van der Waals surface area contributed by atoms with E-state index in [1.54, 1.807) is 25.2 Å². The van der Waals surface area contributed by atoms with E-state index in [-0.39, 0.29) is 123 Å². The molecule has 1 aliphatic carbocycles. The van der Waals surface area contributed by atoms with Crippen molar-refractivity contribution in [3.63, 3.8) is 0 Å². The maximum Gasteiger partial charge on any atom is 1.00 e. The Morgan fingerprint density at radius 1 is 0.753 bits per heavy atom. The molecule has 25 heteroatoms. The monoisotopic (exact) mass is 1100 g/mol. The number of carboxylic acids is 1. The fourth-order valence-corrected chi connectivity index (χ4v) is 9.52. The minimum absolute atomic E-state index is 0. The summed E-state index contributed by atoms with van der Waals surface area (Å²) in [5.41, 5.74) is 2.11. The van der Waals surface area contributed by atoms with Gasteiger partial charge in [-0.15, -0.1) is 0 Å². The van der Waals surface area contributed by atoms with Gasteiger partial charge in [0.2, 0.25) is 5.36 Å².